The third kappa shape index (κ3) is 1.90. The Balaban J connectivity index is 2.30. The monoisotopic (exact) mass is 273 g/mol. The average Bonchev–Trinajstić information content (AvgIpc) is 2.77. The molecule has 3 rings (SSSR count). The van der Waals surface area contributed by atoms with Crippen LogP contribution in [0.15, 0.2) is 42.5 Å². The maximum Gasteiger partial charge on any atom is 0.205 e. The third-order valence-electron chi connectivity index (χ3n) is 2.97. The maximum atomic E-state index is 6.13. The quantitative estimate of drug-likeness (QED) is 0.780. The molecular weight excluding hydrogens is 262 g/mol. The molecular formula is C14H12ClN3O. The predicted molar refractivity (Wildman–Crippen MR) is 77.0 cm³/mol. The summed E-state index contributed by atoms with van der Waals surface area (Å²) in [6.45, 7) is 0. The number of nitrogen functional groups attached to an aromatic ring is 1. The number of hydrogen-bond donors (Lipinski definition) is 1. The molecule has 96 valence electrons. The number of halogens is 1. The van der Waals surface area contributed by atoms with Gasteiger partial charge in [-0.15, -0.1) is 0 Å². The molecule has 1 heterocycles. The number of nitrogens with two attached hydrogens (primary N) is 1. The Hall–Kier alpha value is -2.20. The second-order valence-electron chi connectivity index (χ2n) is 4.11. The number of para-hydroxylation sites is 1. The van der Waals surface area contributed by atoms with Crippen LogP contribution >= 0.6 is 11.6 Å². The molecule has 0 aliphatic rings. The highest BCUT2D eigenvalue weighted by Gasteiger charge is 2.12. The molecule has 19 heavy (non-hydrogen) atoms. The SMILES string of the molecule is COc1cccc(-n2c(N)nc3c(Cl)cccc32)c1. The fraction of sp³-hybridized carbons (Fsp3) is 0.0714. The topological polar surface area (TPSA) is 53.1 Å². The van der Waals surface area contributed by atoms with Gasteiger partial charge in [0.25, 0.3) is 0 Å². The van der Waals surface area contributed by atoms with Crippen LogP contribution in [-0.2, 0) is 0 Å². The van der Waals surface area contributed by atoms with E-state index in [1.165, 1.54) is 0 Å². The lowest BCUT2D eigenvalue weighted by atomic mass is 10.2. The van der Waals surface area contributed by atoms with Crippen molar-refractivity contribution < 1.29 is 4.74 Å². The van der Waals surface area contributed by atoms with Gasteiger partial charge >= 0.3 is 0 Å². The van der Waals surface area contributed by atoms with Gasteiger partial charge < -0.3 is 10.5 Å². The molecule has 0 atom stereocenters. The van der Waals surface area contributed by atoms with Gasteiger partial charge in [0.15, 0.2) is 0 Å². The number of imidazole rings is 1. The number of nitrogens with zero attached hydrogens (tertiary/aromatic N) is 2. The smallest absolute Gasteiger partial charge is 0.205 e. The molecule has 5 heteroatoms. The van der Waals surface area contributed by atoms with Crippen LogP contribution in [0, 0.1) is 0 Å². The largest absolute Gasteiger partial charge is 0.497 e. The van der Waals surface area contributed by atoms with Crippen LogP contribution in [0.25, 0.3) is 16.7 Å². The number of hydrogen-bond acceptors (Lipinski definition) is 3. The third-order valence-corrected chi connectivity index (χ3v) is 3.28. The Bertz CT molecular complexity index is 752. The lowest BCUT2D eigenvalue weighted by molar-refractivity contribution is 0.414. The molecule has 2 N–H and O–H groups in total. The summed E-state index contributed by atoms with van der Waals surface area (Å²) in [7, 11) is 1.63. The van der Waals surface area contributed by atoms with E-state index in [0.29, 0.717) is 16.5 Å². The summed E-state index contributed by atoms with van der Waals surface area (Å²) in [5, 5.41) is 0.589. The second kappa shape index (κ2) is 4.48. The van der Waals surface area contributed by atoms with E-state index in [1.807, 2.05) is 41.0 Å². The van der Waals surface area contributed by atoms with Gasteiger partial charge in [0.2, 0.25) is 5.95 Å². The first kappa shape index (κ1) is 11.9. The fourth-order valence-electron chi connectivity index (χ4n) is 2.10. The van der Waals surface area contributed by atoms with Gasteiger partial charge in [0.05, 0.1) is 23.3 Å². The number of anilines is 1. The zero-order chi connectivity index (χ0) is 13.4. The van der Waals surface area contributed by atoms with Gasteiger partial charge in [-0.25, -0.2) is 4.98 Å². The summed E-state index contributed by atoms with van der Waals surface area (Å²) in [6, 6.07) is 13.2. The van der Waals surface area contributed by atoms with Gasteiger partial charge in [-0.1, -0.05) is 23.7 Å². The first-order valence-corrected chi connectivity index (χ1v) is 6.15. The number of fused-ring (bicyclic) bond motifs is 1. The molecule has 0 spiro atoms. The summed E-state index contributed by atoms with van der Waals surface area (Å²) >= 11 is 6.13. The van der Waals surface area contributed by atoms with Crippen LogP contribution in [-0.4, -0.2) is 16.7 Å². The summed E-state index contributed by atoms with van der Waals surface area (Å²) < 4.78 is 7.08. The zero-order valence-corrected chi connectivity index (χ0v) is 11.1. The fourth-order valence-corrected chi connectivity index (χ4v) is 2.32. The number of methoxy groups -OCH3 is 1. The van der Waals surface area contributed by atoms with Crippen LogP contribution in [0.3, 0.4) is 0 Å². The number of ether oxygens (including phenoxy) is 1. The molecule has 0 aliphatic heterocycles. The standard InChI is InChI=1S/C14H12ClN3O/c1-19-10-5-2-4-9(8-10)18-12-7-3-6-11(15)13(12)17-14(18)16/h2-8H,1H3,(H2,16,17). The first-order valence-electron chi connectivity index (χ1n) is 5.77. The van der Waals surface area contributed by atoms with Crippen molar-refractivity contribution in [2.75, 3.05) is 12.8 Å². The molecule has 0 unspecified atom stereocenters. The second-order valence-corrected chi connectivity index (χ2v) is 4.52. The van der Waals surface area contributed by atoms with Crippen molar-refractivity contribution in [3.05, 3.63) is 47.5 Å². The van der Waals surface area contributed by atoms with Gasteiger partial charge in [-0.05, 0) is 24.3 Å². The van der Waals surface area contributed by atoms with Crippen molar-refractivity contribution in [3.8, 4) is 11.4 Å². The lowest BCUT2D eigenvalue weighted by Crippen LogP contribution is -2.00. The minimum atomic E-state index is 0.399. The highest BCUT2D eigenvalue weighted by atomic mass is 35.5. The minimum Gasteiger partial charge on any atom is -0.497 e. The van der Waals surface area contributed by atoms with Gasteiger partial charge in [-0.3, -0.25) is 4.57 Å². The van der Waals surface area contributed by atoms with E-state index in [2.05, 4.69) is 4.98 Å². The molecule has 0 saturated carbocycles. The number of aromatic nitrogens is 2. The van der Waals surface area contributed by atoms with E-state index in [-0.39, 0.29) is 0 Å². The molecule has 2 aromatic carbocycles. The van der Waals surface area contributed by atoms with Gasteiger partial charge in [0, 0.05) is 6.07 Å². The van der Waals surface area contributed by atoms with Crippen LogP contribution in [0.1, 0.15) is 0 Å². The average molecular weight is 274 g/mol. The first-order chi connectivity index (χ1) is 9.20. The van der Waals surface area contributed by atoms with Crippen LogP contribution in [0.5, 0.6) is 5.75 Å². The molecule has 0 radical (unpaired) electrons. The van der Waals surface area contributed by atoms with Crippen molar-refractivity contribution in [1.82, 2.24) is 9.55 Å². The van der Waals surface area contributed by atoms with E-state index < -0.39 is 0 Å². The molecule has 0 amide bonds. The van der Waals surface area contributed by atoms with E-state index in [9.17, 15) is 0 Å². The Kier molecular flexibility index (Phi) is 2.80. The summed E-state index contributed by atoms with van der Waals surface area (Å²) in [4.78, 5) is 4.31. The Morgan fingerprint density at radius 3 is 2.79 bits per heavy atom. The van der Waals surface area contributed by atoms with E-state index in [1.54, 1.807) is 13.2 Å². The van der Waals surface area contributed by atoms with Gasteiger partial charge in [-0.2, -0.15) is 0 Å². The minimum absolute atomic E-state index is 0.399. The highest BCUT2D eigenvalue weighted by molar-refractivity contribution is 6.35. The lowest BCUT2D eigenvalue weighted by Gasteiger charge is -2.08. The molecule has 0 saturated heterocycles. The number of rotatable bonds is 2. The van der Waals surface area contributed by atoms with Crippen molar-refractivity contribution in [1.29, 1.82) is 0 Å². The Morgan fingerprint density at radius 2 is 2.00 bits per heavy atom. The van der Waals surface area contributed by atoms with Crippen LogP contribution in [0.4, 0.5) is 5.95 Å². The van der Waals surface area contributed by atoms with Crippen molar-refractivity contribution in [3.63, 3.8) is 0 Å². The highest BCUT2D eigenvalue weighted by Crippen LogP contribution is 2.29. The summed E-state index contributed by atoms with van der Waals surface area (Å²) in [5.41, 5.74) is 8.46. The summed E-state index contributed by atoms with van der Waals surface area (Å²) in [5.74, 6) is 1.16. The molecule has 1 aromatic heterocycles. The molecule has 0 aliphatic carbocycles. The van der Waals surface area contributed by atoms with Gasteiger partial charge in [0.1, 0.15) is 11.3 Å². The predicted octanol–water partition coefficient (Wildman–Crippen LogP) is 3.27. The maximum absolute atomic E-state index is 6.13. The van der Waals surface area contributed by atoms with E-state index >= 15 is 0 Å². The van der Waals surface area contributed by atoms with E-state index in [4.69, 9.17) is 22.1 Å². The van der Waals surface area contributed by atoms with E-state index in [0.717, 1.165) is 17.0 Å². The Morgan fingerprint density at radius 1 is 1.21 bits per heavy atom. The van der Waals surface area contributed by atoms with Crippen LogP contribution in [0.2, 0.25) is 5.02 Å². The molecule has 0 bridgehead atoms. The normalized spacial score (nSPS) is 10.8. The molecule has 0 fully saturated rings. The molecule has 3 aromatic rings. The zero-order valence-electron chi connectivity index (χ0n) is 10.3. The van der Waals surface area contributed by atoms with Crippen LogP contribution < -0.4 is 10.5 Å². The van der Waals surface area contributed by atoms with Crippen molar-refractivity contribution >= 4 is 28.6 Å². The number of benzene rings is 2. The summed E-state index contributed by atoms with van der Waals surface area (Å²) in [6.07, 6.45) is 0. The molecule has 4 nitrogen and oxygen atoms in total. The Labute approximate surface area is 115 Å². The van der Waals surface area contributed by atoms with Crippen molar-refractivity contribution in [2.45, 2.75) is 0 Å². The van der Waals surface area contributed by atoms with Crippen molar-refractivity contribution in [2.24, 2.45) is 0 Å².